The lowest BCUT2D eigenvalue weighted by Crippen LogP contribution is -2.21. The molecule has 3 aromatic rings. The molecule has 1 amide bonds. The fraction of sp³-hybridized carbons (Fsp3) is 0.227. The third-order valence-electron chi connectivity index (χ3n) is 4.51. The molecule has 0 aliphatic heterocycles. The molecule has 0 aliphatic carbocycles. The summed E-state index contributed by atoms with van der Waals surface area (Å²) in [6.07, 6.45) is 0. The van der Waals surface area contributed by atoms with Crippen LogP contribution < -0.4 is 14.8 Å². The standard InChI is InChI=1S/C22H23N3O5/c1-14-21(15(2)25(24-14)16-8-6-5-7-9-16)22(27)30-13-20(26)23-18-11-10-17(28-3)12-19(18)29-4/h5-12H,13H2,1-4H3,(H,23,26). The van der Waals surface area contributed by atoms with Crippen LogP contribution in [0.5, 0.6) is 11.5 Å². The van der Waals surface area contributed by atoms with Gasteiger partial charge in [0.25, 0.3) is 5.91 Å². The van der Waals surface area contributed by atoms with Crippen LogP contribution in [0.2, 0.25) is 0 Å². The number of para-hydroxylation sites is 1. The lowest BCUT2D eigenvalue weighted by Gasteiger charge is -2.12. The van der Waals surface area contributed by atoms with Gasteiger partial charge in [-0.3, -0.25) is 4.79 Å². The maximum atomic E-state index is 12.6. The molecule has 156 valence electrons. The highest BCUT2D eigenvalue weighted by atomic mass is 16.5. The number of aromatic nitrogens is 2. The average molecular weight is 409 g/mol. The van der Waals surface area contributed by atoms with Gasteiger partial charge >= 0.3 is 5.97 Å². The van der Waals surface area contributed by atoms with Crippen LogP contribution in [0.3, 0.4) is 0 Å². The molecule has 0 bridgehead atoms. The molecule has 1 aromatic heterocycles. The first-order valence-electron chi connectivity index (χ1n) is 9.25. The van der Waals surface area contributed by atoms with Crippen molar-refractivity contribution in [2.45, 2.75) is 13.8 Å². The monoisotopic (exact) mass is 409 g/mol. The number of hydrogen-bond donors (Lipinski definition) is 1. The smallest absolute Gasteiger partial charge is 0.342 e. The van der Waals surface area contributed by atoms with Crippen LogP contribution in [0, 0.1) is 13.8 Å². The number of ether oxygens (including phenoxy) is 3. The Morgan fingerprint density at radius 2 is 1.77 bits per heavy atom. The van der Waals surface area contributed by atoms with Crippen molar-refractivity contribution in [1.82, 2.24) is 9.78 Å². The Bertz CT molecular complexity index is 1060. The number of aryl methyl sites for hydroxylation is 1. The zero-order valence-electron chi connectivity index (χ0n) is 17.3. The van der Waals surface area contributed by atoms with Crippen molar-refractivity contribution in [2.24, 2.45) is 0 Å². The molecule has 0 fully saturated rings. The molecule has 1 heterocycles. The van der Waals surface area contributed by atoms with Gasteiger partial charge in [0.2, 0.25) is 0 Å². The van der Waals surface area contributed by atoms with Crippen LogP contribution in [0.4, 0.5) is 5.69 Å². The van der Waals surface area contributed by atoms with Crippen molar-refractivity contribution in [3.63, 3.8) is 0 Å². The Balaban J connectivity index is 1.68. The number of hydrogen-bond acceptors (Lipinski definition) is 6. The Labute approximate surface area is 174 Å². The Morgan fingerprint density at radius 1 is 1.03 bits per heavy atom. The molecular formula is C22H23N3O5. The van der Waals surface area contributed by atoms with E-state index in [1.54, 1.807) is 36.7 Å². The van der Waals surface area contributed by atoms with Crippen molar-refractivity contribution < 1.29 is 23.8 Å². The van der Waals surface area contributed by atoms with Crippen LogP contribution in [0.15, 0.2) is 48.5 Å². The van der Waals surface area contributed by atoms with Gasteiger partial charge in [-0.2, -0.15) is 5.10 Å². The maximum Gasteiger partial charge on any atom is 0.342 e. The van der Waals surface area contributed by atoms with Crippen molar-refractivity contribution in [3.8, 4) is 17.2 Å². The summed E-state index contributed by atoms with van der Waals surface area (Å²) >= 11 is 0. The predicted molar refractivity (Wildman–Crippen MR) is 111 cm³/mol. The first-order valence-corrected chi connectivity index (χ1v) is 9.25. The number of nitrogens with zero attached hydrogens (tertiary/aromatic N) is 2. The molecule has 0 saturated carbocycles. The molecule has 0 unspecified atom stereocenters. The number of benzene rings is 2. The summed E-state index contributed by atoms with van der Waals surface area (Å²) in [7, 11) is 3.02. The lowest BCUT2D eigenvalue weighted by atomic mass is 10.2. The van der Waals surface area contributed by atoms with E-state index in [2.05, 4.69) is 10.4 Å². The van der Waals surface area contributed by atoms with E-state index in [9.17, 15) is 9.59 Å². The fourth-order valence-electron chi connectivity index (χ4n) is 3.05. The second-order valence-electron chi connectivity index (χ2n) is 6.48. The highest BCUT2D eigenvalue weighted by Crippen LogP contribution is 2.29. The number of anilines is 1. The van der Waals surface area contributed by atoms with E-state index in [4.69, 9.17) is 14.2 Å². The molecule has 8 nitrogen and oxygen atoms in total. The van der Waals surface area contributed by atoms with E-state index in [-0.39, 0.29) is 0 Å². The first-order chi connectivity index (χ1) is 14.4. The molecular weight excluding hydrogens is 386 g/mol. The van der Waals surface area contributed by atoms with Crippen molar-refractivity contribution >= 4 is 17.6 Å². The Morgan fingerprint density at radius 3 is 2.43 bits per heavy atom. The number of carbonyl (C=O) groups is 2. The molecule has 0 atom stereocenters. The molecule has 0 spiro atoms. The molecule has 0 radical (unpaired) electrons. The van der Waals surface area contributed by atoms with Crippen LogP contribution >= 0.6 is 0 Å². The Hall–Kier alpha value is -3.81. The highest BCUT2D eigenvalue weighted by Gasteiger charge is 2.21. The van der Waals surface area contributed by atoms with Gasteiger partial charge in [0.05, 0.1) is 37.0 Å². The summed E-state index contributed by atoms with van der Waals surface area (Å²) in [6, 6.07) is 14.5. The van der Waals surface area contributed by atoms with E-state index in [1.165, 1.54) is 14.2 Å². The van der Waals surface area contributed by atoms with Crippen molar-refractivity contribution in [1.29, 1.82) is 0 Å². The molecule has 0 saturated heterocycles. The van der Waals surface area contributed by atoms with Gasteiger partial charge in [0.1, 0.15) is 17.1 Å². The fourth-order valence-corrected chi connectivity index (χ4v) is 3.05. The predicted octanol–water partition coefficient (Wildman–Crippen LogP) is 3.30. The Kier molecular flexibility index (Phi) is 6.36. The largest absolute Gasteiger partial charge is 0.497 e. The van der Waals surface area contributed by atoms with Crippen LogP contribution in [0.1, 0.15) is 21.7 Å². The summed E-state index contributed by atoms with van der Waals surface area (Å²) in [5, 5.41) is 7.08. The zero-order valence-corrected chi connectivity index (χ0v) is 17.3. The second-order valence-corrected chi connectivity index (χ2v) is 6.48. The van der Waals surface area contributed by atoms with E-state index in [1.807, 2.05) is 30.3 Å². The van der Waals surface area contributed by atoms with Gasteiger partial charge in [-0.1, -0.05) is 18.2 Å². The van der Waals surface area contributed by atoms with E-state index in [0.29, 0.717) is 34.1 Å². The minimum Gasteiger partial charge on any atom is -0.497 e. The van der Waals surface area contributed by atoms with Crippen LogP contribution in [-0.2, 0) is 9.53 Å². The average Bonchev–Trinajstić information content (AvgIpc) is 3.06. The number of amides is 1. The van der Waals surface area contributed by atoms with Gasteiger partial charge in [-0.15, -0.1) is 0 Å². The minimum atomic E-state index is -0.607. The number of rotatable bonds is 7. The number of esters is 1. The van der Waals surface area contributed by atoms with Gasteiger partial charge in [0, 0.05) is 6.07 Å². The summed E-state index contributed by atoms with van der Waals surface area (Å²) in [4.78, 5) is 24.9. The third-order valence-corrected chi connectivity index (χ3v) is 4.51. The van der Waals surface area contributed by atoms with Crippen LogP contribution in [-0.4, -0.2) is 42.5 Å². The second kappa shape index (κ2) is 9.13. The van der Waals surface area contributed by atoms with E-state index < -0.39 is 18.5 Å². The summed E-state index contributed by atoms with van der Waals surface area (Å²) in [5.41, 5.74) is 2.79. The summed E-state index contributed by atoms with van der Waals surface area (Å²) in [6.45, 7) is 3.07. The van der Waals surface area contributed by atoms with Gasteiger partial charge in [-0.05, 0) is 38.1 Å². The molecule has 30 heavy (non-hydrogen) atoms. The van der Waals surface area contributed by atoms with Gasteiger partial charge in [-0.25, -0.2) is 9.48 Å². The zero-order chi connectivity index (χ0) is 21.7. The number of methoxy groups -OCH3 is 2. The van der Waals surface area contributed by atoms with Gasteiger partial charge < -0.3 is 19.5 Å². The molecule has 2 aromatic carbocycles. The SMILES string of the molecule is COc1ccc(NC(=O)COC(=O)c2c(C)nn(-c3ccccc3)c2C)c(OC)c1. The van der Waals surface area contributed by atoms with Crippen LogP contribution in [0.25, 0.3) is 5.69 Å². The topological polar surface area (TPSA) is 91.7 Å². The lowest BCUT2D eigenvalue weighted by molar-refractivity contribution is -0.119. The first kappa shape index (κ1) is 20.9. The van der Waals surface area contributed by atoms with Crippen molar-refractivity contribution in [2.75, 3.05) is 26.1 Å². The molecule has 8 heteroatoms. The molecule has 0 aliphatic rings. The van der Waals surface area contributed by atoms with E-state index in [0.717, 1.165) is 5.69 Å². The maximum absolute atomic E-state index is 12.6. The van der Waals surface area contributed by atoms with Crippen molar-refractivity contribution in [3.05, 3.63) is 65.5 Å². The summed E-state index contributed by atoms with van der Waals surface area (Å²) < 4.78 is 17.3. The number of carbonyl (C=O) groups excluding carboxylic acids is 2. The molecule has 3 rings (SSSR count). The van der Waals surface area contributed by atoms with Gasteiger partial charge in [0.15, 0.2) is 6.61 Å². The molecule has 1 N–H and O–H groups in total. The highest BCUT2D eigenvalue weighted by molar-refractivity contribution is 5.97. The quantitative estimate of drug-likeness (QED) is 0.602. The third kappa shape index (κ3) is 4.43. The summed E-state index contributed by atoms with van der Waals surface area (Å²) in [5.74, 6) is -0.0656. The minimum absolute atomic E-state index is 0.341. The number of nitrogens with one attached hydrogen (secondary N) is 1. The normalized spacial score (nSPS) is 10.4. The van der Waals surface area contributed by atoms with E-state index >= 15 is 0 Å².